The van der Waals surface area contributed by atoms with Crippen LogP contribution in [0.15, 0.2) is 218 Å². The Labute approximate surface area is 357 Å². The predicted octanol–water partition coefficient (Wildman–Crippen LogP) is 16.3. The molecule has 10 aromatic carbocycles. The Hall–Kier alpha value is -7.72. The van der Waals surface area contributed by atoms with Crippen molar-refractivity contribution < 1.29 is 0 Å². The zero-order chi connectivity index (χ0) is 40.3. The van der Waals surface area contributed by atoms with Crippen molar-refractivity contribution in [2.75, 3.05) is 0 Å². The third-order valence-corrected chi connectivity index (χ3v) is 13.2. The minimum absolute atomic E-state index is 0.717. The van der Waals surface area contributed by atoms with Crippen LogP contribution in [0.1, 0.15) is 0 Å². The van der Waals surface area contributed by atoms with Crippen molar-refractivity contribution in [3.05, 3.63) is 218 Å². The largest absolute Gasteiger partial charge is 0.228 e. The van der Waals surface area contributed by atoms with Gasteiger partial charge in [-0.3, -0.25) is 0 Å². The van der Waals surface area contributed by atoms with Crippen molar-refractivity contribution >= 4 is 63.8 Å². The zero-order valence-corrected chi connectivity index (χ0v) is 33.9. The molecule has 3 heteroatoms. The first-order valence-corrected chi connectivity index (χ1v) is 21.5. The molecular formula is C58H36N2S. The molecule has 12 rings (SSSR count). The van der Waals surface area contributed by atoms with Gasteiger partial charge in [0, 0.05) is 36.9 Å². The van der Waals surface area contributed by atoms with Crippen molar-refractivity contribution in [2.45, 2.75) is 0 Å². The summed E-state index contributed by atoms with van der Waals surface area (Å²) in [6.07, 6.45) is 0. The van der Waals surface area contributed by atoms with E-state index < -0.39 is 0 Å². The molecule has 0 amide bonds. The molecular weight excluding hydrogens is 757 g/mol. The lowest BCUT2D eigenvalue weighted by atomic mass is 9.84. The van der Waals surface area contributed by atoms with Crippen LogP contribution in [0.25, 0.3) is 120 Å². The molecule has 12 aromatic rings. The van der Waals surface area contributed by atoms with Crippen LogP contribution in [0.5, 0.6) is 0 Å². The maximum atomic E-state index is 5.13. The van der Waals surface area contributed by atoms with E-state index in [0.29, 0.717) is 5.82 Å². The van der Waals surface area contributed by atoms with Gasteiger partial charge in [0.1, 0.15) is 0 Å². The van der Waals surface area contributed by atoms with Gasteiger partial charge in [0.05, 0.1) is 11.4 Å². The van der Waals surface area contributed by atoms with Crippen LogP contribution in [0.4, 0.5) is 0 Å². The highest BCUT2D eigenvalue weighted by Gasteiger charge is 2.19. The molecule has 0 aliphatic heterocycles. The number of thiophene rings is 1. The van der Waals surface area contributed by atoms with Gasteiger partial charge in [-0.1, -0.05) is 200 Å². The fourth-order valence-electron chi connectivity index (χ4n) is 9.17. The summed E-state index contributed by atoms with van der Waals surface area (Å²) in [5.41, 5.74) is 12.2. The van der Waals surface area contributed by atoms with E-state index in [4.69, 9.17) is 9.97 Å². The van der Waals surface area contributed by atoms with Crippen molar-refractivity contribution in [2.24, 2.45) is 0 Å². The predicted molar refractivity (Wildman–Crippen MR) is 260 cm³/mol. The maximum absolute atomic E-state index is 5.13. The highest BCUT2D eigenvalue weighted by Crippen LogP contribution is 2.46. The average Bonchev–Trinajstić information content (AvgIpc) is 3.72. The van der Waals surface area contributed by atoms with Gasteiger partial charge in [0.25, 0.3) is 0 Å². The Bertz CT molecular complexity index is 3610. The third-order valence-electron chi connectivity index (χ3n) is 12.1. The highest BCUT2D eigenvalue weighted by molar-refractivity contribution is 7.25. The van der Waals surface area contributed by atoms with Gasteiger partial charge < -0.3 is 0 Å². The van der Waals surface area contributed by atoms with E-state index in [1.54, 1.807) is 0 Å². The summed E-state index contributed by atoms with van der Waals surface area (Å²) in [6, 6.07) is 78.8. The highest BCUT2D eigenvalue weighted by atomic mass is 32.1. The molecule has 0 saturated heterocycles. The molecule has 2 heterocycles. The van der Waals surface area contributed by atoms with E-state index >= 15 is 0 Å². The zero-order valence-electron chi connectivity index (χ0n) is 33.1. The normalized spacial score (nSPS) is 11.6. The Kier molecular flexibility index (Phi) is 8.39. The Morgan fingerprint density at radius 3 is 1.49 bits per heavy atom. The van der Waals surface area contributed by atoms with E-state index in [1.165, 1.54) is 80.3 Å². The fourth-order valence-corrected chi connectivity index (χ4v) is 10.3. The smallest absolute Gasteiger partial charge is 0.160 e. The summed E-state index contributed by atoms with van der Waals surface area (Å²) < 4.78 is 2.56. The minimum atomic E-state index is 0.717. The van der Waals surface area contributed by atoms with Crippen LogP contribution in [-0.2, 0) is 0 Å². The fraction of sp³-hybridized carbons (Fsp3) is 0. The van der Waals surface area contributed by atoms with Crippen molar-refractivity contribution in [3.63, 3.8) is 0 Å². The molecule has 2 nitrogen and oxygen atoms in total. The van der Waals surface area contributed by atoms with E-state index in [-0.39, 0.29) is 0 Å². The second-order valence-electron chi connectivity index (χ2n) is 15.7. The van der Waals surface area contributed by atoms with Crippen LogP contribution in [0.3, 0.4) is 0 Å². The van der Waals surface area contributed by atoms with Gasteiger partial charge >= 0.3 is 0 Å². The molecule has 0 aliphatic rings. The van der Waals surface area contributed by atoms with Crippen molar-refractivity contribution in [3.8, 4) is 67.3 Å². The van der Waals surface area contributed by atoms with Gasteiger partial charge in [-0.2, -0.15) is 0 Å². The van der Waals surface area contributed by atoms with Crippen LogP contribution in [0.2, 0.25) is 0 Å². The number of hydrogen-bond acceptors (Lipinski definition) is 3. The number of nitrogens with zero attached hydrogens (tertiary/aromatic N) is 2. The number of fused-ring (bicyclic) bond motifs is 7. The van der Waals surface area contributed by atoms with Gasteiger partial charge in [-0.15, -0.1) is 11.3 Å². The quantitative estimate of drug-likeness (QED) is 0.124. The molecule has 0 radical (unpaired) electrons. The van der Waals surface area contributed by atoms with E-state index in [1.807, 2.05) is 29.5 Å². The number of benzene rings is 10. The Morgan fingerprint density at radius 2 is 0.770 bits per heavy atom. The first kappa shape index (κ1) is 35.2. The van der Waals surface area contributed by atoms with E-state index in [2.05, 4.69) is 200 Å². The lowest BCUT2D eigenvalue weighted by Gasteiger charge is -2.19. The van der Waals surface area contributed by atoms with Crippen LogP contribution in [-0.4, -0.2) is 9.97 Å². The first-order valence-electron chi connectivity index (χ1n) is 20.7. The SMILES string of the molecule is c1ccc(-c2nc(-c3ccc(-c4ccc(-c5c6ccccc6c(-c6ccccc6)c6ccc7ccccc7c56)cc4)cc3)cc(-c3ccc4c(c3)sc3ccccc34)n2)cc1. The molecule has 0 N–H and O–H groups in total. The van der Waals surface area contributed by atoms with Crippen molar-refractivity contribution in [1.82, 2.24) is 9.97 Å². The number of hydrogen-bond donors (Lipinski definition) is 0. The van der Waals surface area contributed by atoms with Crippen molar-refractivity contribution in [1.29, 1.82) is 0 Å². The standard InChI is InChI=1S/C58H36N2S/c1-3-14-41(15-4-1)55-48-20-9-10-21-49(48)56(57-45-18-8-7-13-39(45)31-34-50(55)57)42-29-25-38(26-30-42)37-23-27-40(28-24-37)51-36-52(60-58(59-51)43-16-5-2-6-17-43)44-32-33-47-46-19-11-12-22-53(46)61-54(47)35-44/h1-36H. The Balaban J connectivity index is 0.941. The summed E-state index contributed by atoms with van der Waals surface area (Å²) in [6.45, 7) is 0. The molecule has 61 heavy (non-hydrogen) atoms. The molecule has 2 aromatic heterocycles. The summed E-state index contributed by atoms with van der Waals surface area (Å²) in [7, 11) is 0. The van der Waals surface area contributed by atoms with Gasteiger partial charge in [-0.05, 0) is 83.9 Å². The Morgan fingerprint density at radius 1 is 0.279 bits per heavy atom. The molecule has 0 fully saturated rings. The topological polar surface area (TPSA) is 25.8 Å². The lowest BCUT2D eigenvalue weighted by molar-refractivity contribution is 1.18. The number of rotatable bonds is 6. The molecule has 0 spiro atoms. The van der Waals surface area contributed by atoms with Gasteiger partial charge in [-0.25, -0.2) is 9.97 Å². The molecule has 0 atom stereocenters. The minimum Gasteiger partial charge on any atom is -0.228 e. The summed E-state index contributed by atoms with van der Waals surface area (Å²) in [5, 5.41) is 10.2. The molecule has 0 aliphatic carbocycles. The molecule has 0 unspecified atom stereocenters. The maximum Gasteiger partial charge on any atom is 0.160 e. The lowest BCUT2D eigenvalue weighted by Crippen LogP contribution is -1.96. The first-order chi connectivity index (χ1) is 30.2. The summed E-state index contributed by atoms with van der Waals surface area (Å²) in [4.78, 5) is 10.3. The van der Waals surface area contributed by atoms with Crippen LogP contribution >= 0.6 is 11.3 Å². The summed E-state index contributed by atoms with van der Waals surface area (Å²) >= 11 is 1.83. The van der Waals surface area contributed by atoms with E-state index in [0.717, 1.165) is 33.6 Å². The monoisotopic (exact) mass is 792 g/mol. The number of aromatic nitrogens is 2. The third kappa shape index (κ3) is 6.09. The molecule has 284 valence electrons. The van der Waals surface area contributed by atoms with Crippen LogP contribution < -0.4 is 0 Å². The second-order valence-corrected chi connectivity index (χ2v) is 16.7. The summed E-state index contributed by atoms with van der Waals surface area (Å²) in [5.74, 6) is 0.717. The van der Waals surface area contributed by atoms with E-state index in [9.17, 15) is 0 Å². The van der Waals surface area contributed by atoms with Gasteiger partial charge in [0.2, 0.25) is 0 Å². The molecule has 0 bridgehead atoms. The van der Waals surface area contributed by atoms with Crippen LogP contribution in [0, 0.1) is 0 Å². The molecule has 0 saturated carbocycles. The van der Waals surface area contributed by atoms with Gasteiger partial charge in [0.15, 0.2) is 5.82 Å². The second kappa shape index (κ2) is 14.5. The average molecular weight is 793 g/mol.